The van der Waals surface area contributed by atoms with E-state index in [0.717, 1.165) is 11.1 Å². The van der Waals surface area contributed by atoms with Gasteiger partial charge in [-0.3, -0.25) is 9.79 Å². The van der Waals surface area contributed by atoms with E-state index < -0.39 is 0 Å². The van der Waals surface area contributed by atoms with Gasteiger partial charge in [-0.05, 0) is 36.6 Å². The molecule has 1 atom stereocenters. The molecular formula is C20H25FN4O. The number of hydrogen-bond donors (Lipinski definition) is 3. The number of halogens is 1. The summed E-state index contributed by atoms with van der Waals surface area (Å²) in [5.41, 5.74) is 2.46. The third kappa shape index (κ3) is 5.88. The molecule has 5 nitrogen and oxygen atoms in total. The number of carbonyl (C=O) groups is 1. The highest BCUT2D eigenvalue weighted by Crippen LogP contribution is 2.16. The summed E-state index contributed by atoms with van der Waals surface area (Å²) in [5, 5.41) is 8.96. The lowest BCUT2D eigenvalue weighted by Gasteiger charge is -2.18. The minimum atomic E-state index is -0.237. The van der Waals surface area contributed by atoms with Crippen molar-refractivity contribution < 1.29 is 9.18 Å². The molecular weight excluding hydrogens is 331 g/mol. The van der Waals surface area contributed by atoms with Crippen LogP contribution in [-0.4, -0.2) is 25.5 Å². The van der Waals surface area contributed by atoms with Gasteiger partial charge in [0.2, 0.25) is 5.91 Å². The van der Waals surface area contributed by atoms with Crippen molar-refractivity contribution in [1.82, 2.24) is 16.0 Å². The molecule has 138 valence electrons. The molecule has 0 saturated heterocycles. The molecule has 6 heteroatoms. The third-order valence-corrected chi connectivity index (χ3v) is 4.02. The first-order chi connectivity index (χ1) is 12.5. The fourth-order valence-electron chi connectivity index (χ4n) is 2.38. The van der Waals surface area contributed by atoms with Crippen molar-refractivity contribution in [2.75, 3.05) is 13.6 Å². The van der Waals surface area contributed by atoms with Gasteiger partial charge in [0.15, 0.2) is 5.96 Å². The summed E-state index contributed by atoms with van der Waals surface area (Å²) in [4.78, 5) is 16.1. The van der Waals surface area contributed by atoms with E-state index in [4.69, 9.17) is 0 Å². The predicted octanol–water partition coefficient (Wildman–Crippen LogP) is 2.68. The Morgan fingerprint density at radius 2 is 1.88 bits per heavy atom. The zero-order valence-electron chi connectivity index (χ0n) is 15.3. The summed E-state index contributed by atoms with van der Waals surface area (Å²) in [5.74, 6) is 0.110. The number of hydrogen-bond acceptors (Lipinski definition) is 2. The van der Waals surface area contributed by atoms with Crippen LogP contribution in [0.2, 0.25) is 0 Å². The SMILES string of the molecule is CN=C(NCC(=O)NCc1ccccc1)NC(C)c1ccc(C)c(F)c1. The molecule has 1 amide bonds. The number of amides is 1. The maximum Gasteiger partial charge on any atom is 0.239 e. The van der Waals surface area contributed by atoms with Crippen LogP contribution < -0.4 is 16.0 Å². The third-order valence-electron chi connectivity index (χ3n) is 4.02. The van der Waals surface area contributed by atoms with Crippen LogP contribution in [0.15, 0.2) is 53.5 Å². The van der Waals surface area contributed by atoms with Crippen molar-refractivity contribution in [1.29, 1.82) is 0 Å². The number of nitrogens with one attached hydrogen (secondary N) is 3. The molecule has 0 saturated carbocycles. The van der Waals surface area contributed by atoms with Gasteiger partial charge in [0.1, 0.15) is 5.82 Å². The van der Waals surface area contributed by atoms with Gasteiger partial charge < -0.3 is 16.0 Å². The first-order valence-electron chi connectivity index (χ1n) is 8.53. The number of carbonyl (C=O) groups excluding carboxylic acids is 1. The molecule has 2 rings (SSSR count). The molecule has 26 heavy (non-hydrogen) atoms. The van der Waals surface area contributed by atoms with Gasteiger partial charge in [-0.2, -0.15) is 0 Å². The lowest BCUT2D eigenvalue weighted by atomic mass is 10.1. The number of nitrogens with zero attached hydrogens (tertiary/aromatic N) is 1. The molecule has 0 fully saturated rings. The van der Waals surface area contributed by atoms with Crippen molar-refractivity contribution in [3.05, 3.63) is 71.0 Å². The maximum atomic E-state index is 13.7. The molecule has 0 spiro atoms. The first-order valence-corrected chi connectivity index (χ1v) is 8.53. The summed E-state index contributed by atoms with van der Waals surface area (Å²) in [7, 11) is 1.62. The van der Waals surface area contributed by atoms with Crippen LogP contribution in [0.5, 0.6) is 0 Å². The Morgan fingerprint density at radius 3 is 2.54 bits per heavy atom. The monoisotopic (exact) mass is 356 g/mol. The smallest absolute Gasteiger partial charge is 0.239 e. The number of guanidine groups is 1. The van der Waals surface area contributed by atoms with Crippen molar-refractivity contribution in [3.63, 3.8) is 0 Å². The zero-order valence-corrected chi connectivity index (χ0v) is 15.3. The number of aliphatic imine (C=N–C) groups is 1. The Morgan fingerprint density at radius 1 is 1.15 bits per heavy atom. The van der Waals surface area contributed by atoms with E-state index >= 15 is 0 Å². The van der Waals surface area contributed by atoms with Crippen LogP contribution in [-0.2, 0) is 11.3 Å². The lowest BCUT2D eigenvalue weighted by Crippen LogP contribution is -2.43. The van der Waals surface area contributed by atoms with E-state index in [9.17, 15) is 9.18 Å². The standard InChI is InChI=1S/C20H25FN4O/c1-14-9-10-17(11-18(14)21)15(2)25-20(22-3)24-13-19(26)23-12-16-7-5-4-6-8-16/h4-11,15H,12-13H2,1-3H3,(H,23,26)(H2,22,24,25). The van der Waals surface area contributed by atoms with Crippen molar-refractivity contribution in [3.8, 4) is 0 Å². The molecule has 0 aliphatic heterocycles. The number of rotatable bonds is 6. The predicted molar refractivity (Wildman–Crippen MR) is 102 cm³/mol. The van der Waals surface area contributed by atoms with Crippen LogP contribution in [0.1, 0.15) is 29.7 Å². The summed E-state index contributed by atoms with van der Waals surface area (Å²) < 4.78 is 13.7. The largest absolute Gasteiger partial charge is 0.350 e. The van der Waals surface area contributed by atoms with E-state index in [1.165, 1.54) is 6.07 Å². The van der Waals surface area contributed by atoms with Gasteiger partial charge in [-0.25, -0.2) is 4.39 Å². The highest BCUT2D eigenvalue weighted by Gasteiger charge is 2.10. The summed E-state index contributed by atoms with van der Waals surface area (Å²) in [6, 6.07) is 14.7. The minimum Gasteiger partial charge on any atom is -0.350 e. The van der Waals surface area contributed by atoms with E-state index in [1.807, 2.05) is 43.3 Å². The molecule has 2 aromatic carbocycles. The topological polar surface area (TPSA) is 65.5 Å². The Balaban J connectivity index is 1.81. The van der Waals surface area contributed by atoms with Crippen LogP contribution >= 0.6 is 0 Å². The van der Waals surface area contributed by atoms with E-state index in [-0.39, 0.29) is 24.3 Å². The molecule has 0 heterocycles. The van der Waals surface area contributed by atoms with Gasteiger partial charge in [0.05, 0.1) is 12.6 Å². The van der Waals surface area contributed by atoms with Gasteiger partial charge in [-0.15, -0.1) is 0 Å². The van der Waals surface area contributed by atoms with Crippen LogP contribution in [0, 0.1) is 12.7 Å². The molecule has 2 aromatic rings. The van der Waals surface area contributed by atoms with Crippen LogP contribution in [0.4, 0.5) is 4.39 Å². The van der Waals surface area contributed by atoms with Crippen molar-refractivity contribution in [2.45, 2.75) is 26.4 Å². The highest BCUT2D eigenvalue weighted by atomic mass is 19.1. The fourth-order valence-corrected chi connectivity index (χ4v) is 2.38. The average molecular weight is 356 g/mol. The summed E-state index contributed by atoms with van der Waals surface area (Å²) >= 11 is 0. The van der Waals surface area contributed by atoms with Gasteiger partial charge in [0, 0.05) is 13.6 Å². The Bertz CT molecular complexity index is 762. The Kier molecular flexibility index (Phi) is 7.14. The lowest BCUT2D eigenvalue weighted by molar-refractivity contribution is -0.120. The molecule has 0 radical (unpaired) electrons. The normalized spacial score (nSPS) is 12.4. The first kappa shape index (κ1) is 19.4. The summed E-state index contributed by atoms with van der Waals surface area (Å²) in [6.07, 6.45) is 0. The van der Waals surface area contributed by atoms with E-state index in [0.29, 0.717) is 18.1 Å². The van der Waals surface area contributed by atoms with Gasteiger partial charge >= 0.3 is 0 Å². The molecule has 0 aromatic heterocycles. The quantitative estimate of drug-likeness (QED) is 0.551. The summed E-state index contributed by atoms with van der Waals surface area (Å²) in [6.45, 7) is 4.21. The van der Waals surface area contributed by atoms with Gasteiger partial charge in [0.25, 0.3) is 0 Å². The molecule has 1 unspecified atom stereocenters. The fraction of sp³-hybridized carbons (Fsp3) is 0.300. The second-order valence-electron chi connectivity index (χ2n) is 6.06. The van der Waals surface area contributed by atoms with Gasteiger partial charge in [-0.1, -0.05) is 42.5 Å². The average Bonchev–Trinajstić information content (AvgIpc) is 2.66. The zero-order chi connectivity index (χ0) is 18.9. The molecule has 0 aliphatic carbocycles. The number of benzene rings is 2. The molecule has 0 aliphatic rings. The second kappa shape index (κ2) is 9.56. The highest BCUT2D eigenvalue weighted by molar-refractivity contribution is 5.86. The Hall–Kier alpha value is -2.89. The number of aryl methyl sites for hydroxylation is 1. The van der Waals surface area contributed by atoms with Crippen molar-refractivity contribution >= 4 is 11.9 Å². The maximum absolute atomic E-state index is 13.7. The Labute approximate surface area is 153 Å². The van der Waals surface area contributed by atoms with Crippen LogP contribution in [0.3, 0.4) is 0 Å². The second-order valence-corrected chi connectivity index (χ2v) is 6.06. The molecule has 3 N–H and O–H groups in total. The van der Waals surface area contributed by atoms with E-state index in [1.54, 1.807) is 20.0 Å². The minimum absolute atomic E-state index is 0.0987. The van der Waals surface area contributed by atoms with Crippen molar-refractivity contribution in [2.24, 2.45) is 4.99 Å². The molecule has 0 bridgehead atoms. The van der Waals surface area contributed by atoms with E-state index in [2.05, 4.69) is 20.9 Å². The van der Waals surface area contributed by atoms with Crippen LogP contribution in [0.25, 0.3) is 0 Å².